The summed E-state index contributed by atoms with van der Waals surface area (Å²) in [6.45, 7) is 1.32. The largest absolute Gasteiger partial charge is 0.482 e. The maximum absolute atomic E-state index is 11.2. The molecule has 7 heteroatoms. The first-order chi connectivity index (χ1) is 7.30. The second kappa shape index (κ2) is 4.50. The lowest BCUT2D eigenvalue weighted by Gasteiger charge is -2.09. The van der Waals surface area contributed by atoms with Crippen LogP contribution in [-0.4, -0.2) is 20.9 Å². The molecule has 0 aliphatic heterocycles. The number of ether oxygens (including phenoxy) is 1. The molecule has 88 valence electrons. The van der Waals surface area contributed by atoms with Crippen LogP contribution < -0.4 is 15.6 Å². The molecule has 1 aromatic carbocycles. The van der Waals surface area contributed by atoms with Crippen LogP contribution in [0.25, 0.3) is 0 Å². The molecule has 1 amide bonds. The first-order valence-electron chi connectivity index (χ1n) is 4.35. The zero-order valence-corrected chi connectivity index (χ0v) is 9.45. The normalized spacial score (nSPS) is 11.1. The molecular weight excluding hydrogens is 232 g/mol. The Balaban J connectivity index is 3.13. The zero-order chi connectivity index (χ0) is 12.3. The van der Waals surface area contributed by atoms with Gasteiger partial charge in [0.2, 0.25) is 10.0 Å². The van der Waals surface area contributed by atoms with Crippen LogP contribution in [0.4, 0.5) is 0 Å². The Morgan fingerprint density at radius 3 is 2.56 bits per heavy atom. The summed E-state index contributed by atoms with van der Waals surface area (Å²) in [6, 6.07) is 4.44. The van der Waals surface area contributed by atoms with Crippen LogP contribution in [0.5, 0.6) is 5.75 Å². The predicted octanol–water partition coefficient (Wildman–Crippen LogP) is -0.493. The van der Waals surface area contributed by atoms with Gasteiger partial charge < -0.3 is 10.5 Å². The number of primary amides is 1. The van der Waals surface area contributed by atoms with E-state index < -0.39 is 22.5 Å². The van der Waals surface area contributed by atoms with E-state index in [0.717, 1.165) is 5.56 Å². The molecule has 0 aromatic heterocycles. The van der Waals surface area contributed by atoms with Crippen molar-refractivity contribution in [2.75, 3.05) is 6.61 Å². The van der Waals surface area contributed by atoms with Crippen molar-refractivity contribution in [3.8, 4) is 5.75 Å². The lowest BCUT2D eigenvalue weighted by molar-refractivity contribution is -0.120. The minimum absolute atomic E-state index is 0.0203. The van der Waals surface area contributed by atoms with Crippen LogP contribution >= 0.6 is 0 Å². The number of hydrogen-bond acceptors (Lipinski definition) is 4. The first kappa shape index (κ1) is 12.5. The highest BCUT2D eigenvalue weighted by Gasteiger charge is 2.15. The minimum Gasteiger partial charge on any atom is -0.482 e. The average molecular weight is 244 g/mol. The Kier molecular flexibility index (Phi) is 3.51. The van der Waals surface area contributed by atoms with Gasteiger partial charge in [-0.1, -0.05) is 6.07 Å². The minimum atomic E-state index is -3.88. The van der Waals surface area contributed by atoms with Crippen LogP contribution in [0.2, 0.25) is 0 Å². The Hall–Kier alpha value is -1.60. The van der Waals surface area contributed by atoms with E-state index in [2.05, 4.69) is 0 Å². The highest BCUT2D eigenvalue weighted by atomic mass is 32.2. The number of carbonyl (C=O) groups excluding carboxylic acids is 1. The number of nitrogens with two attached hydrogens (primary N) is 2. The molecule has 0 radical (unpaired) electrons. The maximum atomic E-state index is 11.2. The topological polar surface area (TPSA) is 112 Å². The zero-order valence-electron chi connectivity index (χ0n) is 8.64. The molecule has 0 atom stereocenters. The van der Waals surface area contributed by atoms with E-state index in [-0.39, 0.29) is 10.6 Å². The number of carbonyl (C=O) groups is 1. The van der Waals surface area contributed by atoms with Crippen molar-refractivity contribution in [3.05, 3.63) is 23.8 Å². The van der Waals surface area contributed by atoms with Gasteiger partial charge in [-0.05, 0) is 24.6 Å². The van der Waals surface area contributed by atoms with E-state index >= 15 is 0 Å². The second-order valence-corrected chi connectivity index (χ2v) is 4.78. The molecule has 0 aliphatic carbocycles. The lowest BCUT2D eigenvalue weighted by atomic mass is 10.2. The number of amides is 1. The molecule has 0 unspecified atom stereocenters. The quantitative estimate of drug-likeness (QED) is 0.743. The Morgan fingerprint density at radius 1 is 1.44 bits per heavy atom. The van der Waals surface area contributed by atoms with Gasteiger partial charge in [0.05, 0.1) is 0 Å². The maximum Gasteiger partial charge on any atom is 0.255 e. The van der Waals surface area contributed by atoms with E-state index in [1.807, 2.05) is 0 Å². The van der Waals surface area contributed by atoms with Gasteiger partial charge in [0.1, 0.15) is 10.6 Å². The summed E-state index contributed by atoms with van der Waals surface area (Å²) < 4.78 is 27.4. The number of primary sulfonamides is 1. The molecule has 1 rings (SSSR count). The predicted molar refractivity (Wildman–Crippen MR) is 57.2 cm³/mol. The molecule has 0 aliphatic rings. The SMILES string of the molecule is Cc1ccc(OCC(N)=O)c(S(N)(=O)=O)c1. The number of sulfonamides is 1. The van der Waals surface area contributed by atoms with E-state index in [9.17, 15) is 13.2 Å². The summed E-state index contributed by atoms with van der Waals surface area (Å²) in [4.78, 5) is 10.4. The first-order valence-corrected chi connectivity index (χ1v) is 5.90. The summed E-state index contributed by atoms with van der Waals surface area (Å²) >= 11 is 0. The Labute approximate surface area is 93.2 Å². The van der Waals surface area contributed by atoms with Crippen LogP contribution in [0.15, 0.2) is 23.1 Å². The monoisotopic (exact) mass is 244 g/mol. The van der Waals surface area contributed by atoms with Gasteiger partial charge in [-0.25, -0.2) is 13.6 Å². The van der Waals surface area contributed by atoms with Crippen LogP contribution in [0, 0.1) is 6.92 Å². The third kappa shape index (κ3) is 3.21. The van der Waals surface area contributed by atoms with Crippen molar-refractivity contribution < 1.29 is 17.9 Å². The molecule has 1 aromatic rings. The van der Waals surface area contributed by atoms with E-state index in [0.29, 0.717) is 0 Å². The molecular formula is C9H12N2O4S. The molecule has 4 N–H and O–H groups in total. The van der Waals surface area contributed by atoms with Crippen molar-refractivity contribution >= 4 is 15.9 Å². The average Bonchev–Trinajstić information content (AvgIpc) is 2.14. The fraction of sp³-hybridized carbons (Fsp3) is 0.222. The van der Waals surface area contributed by atoms with Crippen molar-refractivity contribution in [1.82, 2.24) is 0 Å². The second-order valence-electron chi connectivity index (χ2n) is 3.25. The third-order valence-electron chi connectivity index (χ3n) is 1.78. The fourth-order valence-corrected chi connectivity index (χ4v) is 1.86. The fourth-order valence-electron chi connectivity index (χ4n) is 1.11. The molecule has 6 nitrogen and oxygen atoms in total. The molecule has 0 saturated carbocycles. The van der Waals surface area contributed by atoms with Crippen molar-refractivity contribution in [1.29, 1.82) is 0 Å². The molecule has 0 spiro atoms. The van der Waals surface area contributed by atoms with Crippen molar-refractivity contribution in [2.45, 2.75) is 11.8 Å². The van der Waals surface area contributed by atoms with Gasteiger partial charge in [-0.3, -0.25) is 4.79 Å². The highest BCUT2D eigenvalue weighted by Crippen LogP contribution is 2.23. The molecule has 0 fully saturated rings. The molecule has 0 bridgehead atoms. The summed E-state index contributed by atoms with van der Waals surface area (Å²) in [5.74, 6) is -0.673. The third-order valence-corrected chi connectivity index (χ3v) is 2.71. The van der Waals surface area contributed by atoms with Gasteiger partial charge >= 0.3 is 0 Å². The number of benzene rings is 1. The van der Waals surface area contributed by atoms with Gasteiger partial charge in [-0.2, -0.15) is 0 Å². The van der Waals surface area contributed by atoms with Gasteiger partial charge in [-0.15, -0.1) is 0 Å². The van der Waals surface area contributed by atoms with Crippen molar-refractivity contribution in [2.24, 2.45) is 10.9 Å². The van der Waals surface area contributed by atoms with Crippen LogP contribution in [0.3, 0.4) is 0 Å². The number of rotatable bonds is 4. The lowest BCUT2D eigenvalue weighted by Crippen LogP contribution is -2.21. The molecule has 16 heavy (non-hydrogen) atoms. The number of aryl methyl sites for hydroxylation is 1. The molecule has 0 heterocycles. The number of hydrogen-bond donors (Lipinski definition) is 2. The smallest absolute Gasteiger partial charge is 0.255 e. The summed E-state index contributed by atoms with van der Waals surface area (Å²) in [7, 11) is -3.88. The van der Waals surface area contributed by atoms with E-state index in [1.165, 1.54) is 12.1 Å². The summed E-state index contributed by atoms with van der Waals surface area (Å²) in [5, 5.41) is 5.01. The Morgan fingerprint density at radius 2 is 2.06 bits per heavy atom. The standard InChI is InChI=1S/C9H12N2O4S/c1-6-2-3-7(15-5-9(10)12)8(4-6)16(11,13)14/h2-4H,5H2,1H3,(H2,10,12)(H2,11,13,14). The summed E-state index contributed by atoms with van der Waals surface area (Å²) in [5.41, 5.74) is 5.60. The van der Waals surface area contributed by atoms with E-state index in [4.69, 9.17) is 15.6 Å². The molecule has 0 saturated heterocycles. The Bertz CT molecular complexity index is 510. The van der Waals surface area contributed by atoms with Crippen LogP contribution in [-0.2, 0) is 14.8 Å². The van der Waals surface area contributed by atoms with Gasteiger partial charge in [0.25, 0.3) is 5.91 Å². The van der Waals surface area contributed by atoms with Crippen LogP contribution in [0.1, 0.15) is 5.56 Å². The van der Waals surface area contributed by atoms with Gasteiger partial charge in [0.15, 0.2) is 6.61 Å². The van der Waals surface area contributed by atoms with E-state index in [1.54, 1.807) is 13.0 Å². The summed E-state index contributed by atoms with van der Waals surface area (Å²) in [6.07, 6.45) is 0. The highest BCUT2D eigenvalue weighted by molar-refractivity contribution is 7.89. The van der Waals surface area contributed by atoms with Crippen molar-refractivity contribution in [3.63, 3.8) is 0 Å². The van der Waals surface area contributed by atoms with Gasteiger partial charge in [0, 0.05) is 0 Å².